The zero-order valence-electron chi connectivity index (χ0n) is 12.2. The highest BCUT2D eigenvalue weighted by Crippen LogP contribution is 2.23. The first-order chi connectivity index (χ1) is 9.17. The molecule has 1 saturated heterocycles. The molecule has 3 nitrogen and oxygen atoms in total. The van der Waals surface area contributed by atoms with Gasteiger partial charge >= 0.3 is 0 Å². The van der Waals surface area contributed by atoms with Gasteiger partial charge in [-0.3, -0.25) is 4.90 Å². The van der Waals surface area contributed by atoms with Crippen molar-refractivity contribution in [3.8, 4) is 0 Å². The van der Waals surface area contributed by atoms with Gasteiger partial charge in [0.1, 0.15) is 0 Å². The molecule has 1 N–H and O–H groups in total. The summed E-state index contributed by atoms with van der Waals surface area (Å²) in [7, 11) is 0. The van der Waals surface area contributed by atoms with Crippen LogP contribution in [0, 0.1) is 5.41 Å². The summed E-state index contributed by atoms with van der Waals surface area (Å²) in [5.41, 5.74) is 1.37. The first-order valence-corrected chi connectivity index (χ1v) is 7.30. The van der Waals surface area contributed by atoms with Gasteiger partial charge in [0.2, 0.25) is 0 Å². The number of benzene rings is 1. The summed E-state index contributed by atoms with van der Waals surface area (Å²) in [6.07, 6.45) is 1.03. The van der Waals surface area contributed by atoms with Gasteiger partial charge in [-0.25, -0.2) is 0 Å². The normalized spacial score (nSPS) is 20.3. The second-order valence-electron chi connectivity index (χ2n) is 5.92. The van der Waals surface area contributed by atoms with Gasteiger partial charge in [0, 0.05) is 50.4 Å². The summed E-state index contributed by atoms with van der Waals surface area (Å²) in [6, 6.07) is 10.6. The van der Waals surface area contributed by atoms with Crippen molar-refractivity contribution < 1.29 is 5.11 Å². The van der Waals surface area contributed by atoms with Crippen LogP contribution >= 0.6 is 0 Å². The van der Waals surface area contributed by atoms with Gasteiger partial charge in [0.15, 0.2) is 0 Å². The van der Waals surface area contributed by atoms with Gasteiger partial charge in [0.05, 0.1) is 0 Å². The molecule has 1 unspecified atom stereocenters. The highest BCUT2D eigenvalue weighted by atomic mass is 16.3. The molecule has 1 fully saturated rings. The second-order valence-corrected chi connectivity index (χ2v) is 5.92. The first-order valence-electron chi connectivity index (χ1n) is 7.30. The van der Waals surface area contributed by atoms with E-state index in [4.69, 9.17) is 0 Å². The van der Waals surface area contributed by atoms with Crippen molar-refractivity contribution in [3.63, 3.8) is 0 Å². The van der Waals surface area contributed by atoms with Gasteiger partial charge in [-0.15, -0.1) is 0 Å². The summed E-state index contributed by atoms with van der Waals surface area (Å²) in [4.78, 5) is 4.93. The number of aliphatic hydroxyl groups excluding tert-OH is 1. The summed E-state index contributed by atoms with van der Waals surface area (Å²) in [5, 5.41) is 9.51. The van der Waals surface area contributed by atoms with Crippen LogP contribution in [-0.4, -0.2) is 49.3 Å². The summed E-state index contributed by atoms with van der Waals surface area (Å²) in [6.45, 7) is 9.96. The molecule has 3 heteroatoms. The zero-order chi connectivity index (χ0) is 13.7. The van der Waals surface area contributed by atoms with E-state index in [1.807, 2.05) is 0 Å². The van der Waals surface area contributed by atoms with E-state index in [1.165, 1.54) is 5.69 Å². The molecule has 0 amide bonds. The molecule has 19 heavy (non-hydrogen) atoms. The summed E-state index contributed by atoms with van der Waals surface area (Å²) >= 11 is 0. The molecule has 2 rings (SSSR count). The van der Waals surface area contributed by atoms with Crippen LogP contribution in [0.1, 0.15) is 20.3 Å². The largest absolute Gasteiger partial charge is 0.396 e. The maximum atomic E-state index is 9.51. The monoisotopic (exact) mass is 262 g/mol. The van der Waals surface area contributed by atoms with Gasteiger partial charge in [0.25, 0.3) is 0 Å². The molecule has 1 heterocycles. The van der Waals surface area contributed by atoms with E-state index in [9.17, 15) is 5.11 Å². The van der Waals surface area contributed by atoms with Crippen LogP contribution in [-0.2, 0) is 0 Å². The number of para-hydroxylation sites is 1. The van der Waals surface area contributed by atoms with Crippen LogP contribution in [0.4, 0.5) is 5.69 Å². The average Bonchev–Trinajstić information content (AvgIpc) is 2.49. The Morgan fingerprint density at radius 2 is 1.74 bits per heavy atom. The predicted octanol–water partition coefficient (Wildman–Crippen LogP) is 2.22. The second kappa shape index (κ2) is 6.40. The molecule has 1 aliphatic rings. The van der Waals surface area contributed by atoms with E-state index in [2.05, 4.69) is 54.0 Å². The Labute approximate surface area is 116 Å². The van der Waals surface area contributed by atoms with Crippen molar-refractivity contribution in [3.05, 3.63) is 30.3 Å². The van der Waals surface area contributed by atoms with Crippen molar-refractivity contribution in [2.45, 2.75) is 20.3 Å². The lowest BCUT2D eigenvalue weighted by atomic mass is 9.88. The van der Waals surface area contributed by atoms with Crippen molar-refractivity contribution in [2.24, 2.45) is 5.41 Å². The average molecular weight is 262 g/mol. The molecule has 0 bridgehead atoms. The lowest BCUT2D eigenvalue weighted by molar-refractivity contribution is 0.0818. The summed E-state index contributed by atoms with van der Waals surface area (Å²) < 4.78 is 0. The van der Waals surface area contributed by atoms with Crippen LogP contribution in [0.25, 0.3) is 0 Å². The van der Waals surface area contributed by atoms with Crippen molar-refractivity contribution in [2.75, 3.05) is 44.2 Å². The predicted molar refractivity (Wildman–Crippen MR) is 80.6 cm³/mol. The lowest BCUT2D eigenvalue weighted by Crippen LogP contribution is -2.50. The third kappa shape index (κ3) is 3.71. The smallest absolute Gasteiger partial charge is 0.0496 e. The highest BCUT2D eigenvalue weighted by molar-refractivity contribution is 5.46. The Hall–Kier alpha value is -1.06. The first kappa shape index (κ1) is 14.4. The minimum Gasteiger partial charge on any atom is -0.396 e. The van der Waals surface area contributed by atoms with Crippen LogP contribution in [0.2, 0.25) is 0 Å². The molecule has 1 aliphatic heterocycles. The number of nitrogens with zero attached hydrogens (tertiary/aromatic N) is 2. The Morgan fingerprint density at radius 3 is 2.26 bits per heavy atom. The van der Waals surface area contributed by atoms with E-state index in [0.717, 1.165) is 39.1 Å². The standard InChI is InChI=1S/C16H26N2O/c1-3-16(2,14-19)13-17-9-11-18(12-10-17)15-7-5-4-6-8-15/h4-8,19H,3,9-14H2,1-2H3. The van der Waals surface area contributed by atoms with Crippen LogP contribution in [0.5, 0.6) is 0 Å². The molecular weight excluding hydrogens is 236 g/mol. The number of anilines is 1. The molecule has 1 atom stereocenters. The quantitative estimate of drug-likeness (QED) is 0.881. The minimum absolute atomic E-state index is 0.0505. The molecule has 106 valence electrons. The lowest BCUT2D eigenvalue weighted by Gasteiger charge is -2.40. The Balaban J connectivity index is 1.86. The van der Waals surface area contributed by atoms with Crippen LogP contribution in [0.15, 0.2) is 30.3 Å². The number of hydrogen-bond donors (Lipinski definition) is 1. The maximum Gasteiger partial charge on any atom is 0.0496 e. The van der Waals surface area contributed by atoms with Crippen LogP contribution < -0.4 is 4.90 Å². The Kier molecular flexibility index (Phi) is 4.83. The van der Waals surface area contributed by atoms with Gasteiger partial charge in [-0.05, 0) is 18.6 Å². The van der Waals surface area contributed by atoms with Crippen molar-refractivity contribution >= 4 is 5.69 Å². The fraction of sp³-hybridized carbons (Fsp3) is 0.625. The van der Waals surface area contributed by atoms with E-state index < -0.39 is 0 Å². The SMILES string of the molecule is CCC(C)(CO)CN1CCN(c2ccccc2)CC1. The zero-order valence-corrected chi connectivity index (χ0v) is 12.2. The number of aliphatic hydroxyl groups is 1. The Bertz CT molecular complexity index is 368. The molecule has 0 aromatic heterocycles. The topological polar surface area (TPSA) is 26.7 Å². The molecule has 1 aromatic carbocycles. The molecular formula is C16H26N2O. The third-order valence-electron chi connectivity index (χ3n) is 4.33. The van der Waals surface area contributed by atoms with Crippen LogP contribution in [0.3, 0.4) is 0 Å². The number of rotatable bonds is 5. The highest BCUT2D eigenvalue weighted by Gasteiger charge is 2.26. The molecule has 0 aliphatic carbocycles. The van der Waals surface area contributed by atoms with Crippen molar-refractivity contribution in [1.29, 1.82) is 0 Å². The Morgan fingerprint density at radius 1 is 1.11 bits per heavy atom. The van der Waals surface area contributed by atoms with Crippen molar-refractivity contribution in [1.82, 2.24) is 4.90 Å². The van der Waals surface area contributed by atoms with E-state index >= 15 is 0 Å². The maximum absolute atomic E-state index is 9.51. The van der Waals surface area contributed by atoms with E-state index in [-0.39, 0.29) is 12.0 Å². The fourth-order valence-corrected chi connectivity index (χ4v) is 2.62. The van der Waals surface area contributed by atoms with Gasteiger partial charge in [-0.1, -0.05) is 32.0 Å². The fourth-order valence-electron chi connectivity index (χ4n) is 2.62. The number of hydrogen-bond acceptors (Lipinski definition) is 3. The van der Waals surface area contributed by atoms with E-state index in [0.29, 0.717) is 0 Å². The molecule has 1 aromatic rings. The molecule has 0 saturated carbocycles. The summed E-state index contributed by atoms with van der Waals surface area (Å²) in [5.74, 6) is 0. The van der Waals surface area contributed by atoms with Gasteiger partial charge in [-0.2, -0.15) is 0 Å². The molecule has 0 radical (unpaired) electrons. The van der Waals surface area contributed by atoms with Gasteiger partial charge < -0.3 is 10.0 Å². The van der Waals surface area contributed by atoms with E-state index in [1.54, 1.807) is 0 Å². The number of piperazine rings is 1. The minimum atomic E-state index is 0.0505. The molecule has 0 spiro atoms. The third-order valence-corrected chi connectivity index (χ3v) is 4.33.